The van der Waals surface area contributed by atoms with Crippen molar-refractivity contribution in [2.45, 2.75) is 6.61 Å². The van der Waals surface area contributed by atoms with Gasteiger partial charge in [-0.15, -0.1) is 0 Å². The summed E-state index contributed by atoms with van der Waals surface area (Å²) < 4.78 is 5.74. The molecule has 0 saturated carbocycles. The SMILES string of the molecule is O=C(O)Nc1ccc2c(c1)C(=C1C(=O)Nc3ccccc31)OC2. The van der Waals surface area contributed by atoms with Gasteiger partial charge in [0, 0.05) is 28.1 Å². The number of carbonyl (C=O) groups is 2. The molecule has 0 aliphatic carbocycles. The maximum absolute atomic E-state index is 12.3. The second kappa shape index (κ2) is 4.88. The van der Waals surface area contributed by atoms with Crippen LogP contribution in [0.25, 0.3) is 11.3 Å². The summed E-state index contributed by atoms with van der Waals surface area (Å²) in [5.41, 5.74) is 4.10. The van der Waals surface area contributed by atoms with E-state index in [2.05, 4.69) is 10.6 Å². The Morgan fingerprint density at radius 3 is 2.83 bits per heavy atom. The predicted molar refractivity (Wildman–Crippen MR) is 84.8 cm³/mol. The molecule has 0 atom stereocenters. The first-order chi connectivity index (χ1) is 11.1. The molecule has 2 amide bonds. The molecule has 0 fully saturated rings. The van der Waals surface area contributed by atoms with Gasteiger partial charge in [0.25, 0.3) is 5.91 Å². The maximum Gasteiger partial charge on any atom is 0.409 e. The van der Waals surface area contributed by atoms with Crippen LogP contribution >= 0.6 is 0 Å². The van der Waals surface area contributed by atoms with E-state index >= 15 is 0 Å². The first kappa shape index (κ1) is 13.4. The van der Waals surface area contributed by atoms with Gasteiger partial charge in [-0.25, -0.2) is 4.79 Å². The van der Waals surface area contributed by atoms with Crippen molar-refractivity contribution >= 4 is 34.7 Å². The Morgan fingerprint density at radius 1 is 1.17 bits per heavy atom. The Kier molecular flexibility index (Phi) is 2.84. The lowest BCUT2D eigenvalue weighted by Crippen LogP contribution is -2.08. The van der Waals surface area contributed by atoms with Gasteiger partial charge in [0.2, 0.25) is 0 Å². The molecule has 23 heavy (non-hydrogen) atoms. The highest BCUT2D eigenvalue weighted by Gasteiger charge is 2.32. The van der Waals surface area contributed by atoms with Crippen LogP contribution in [0.1, 0.15) is 16.7 Å². The summed E-state index contributed by atoms with van der Waals surface area (Å²) in [6.45, 7) is 0.358. The molecule has 2 aliphatic rings. The highest BCUT2D eigenvalue weighted by atomic mass is 16.5. The third-order valence-corrected chi connectivity index (χ3v) is 3.88. The van der Waals surface area contributed by atoms with E-state index in [-0.39, 0.29) is 5.91 Å². The lowest BCUT2D eigenvalue weighted by Gasteiger charge is -2.06. The summed E-state index contributed by atoms with van der Waals surface area (Å²) in [6.07, 6.45) is -1.14. The fourth-order valence-electron chi connectivity index (χ4n) is 2.89. The lowest BCUT2D eigenvalue weighted by atomic mass is 10.00. The molecule has 2 aromatic rings. The first-order valence-electron chi connectivity index (χ1n) is 7.04. The maximum atomic E-state index is 12.3. The van der Waals surface area contributed by atoms with E-state index in [0.717, 1.165) is 22.4 Å². The number of hydrogen-bond donors (Lipinski definition) is 3. The summed E-state index contributed by atoms with van der Waals surface area (Å²) in [5, 5.41) is 14.0. The number of benzene rings is 2. The van der Waals surface area contributed by atoms with Crippen molar-refractivity contribution in [2.75, 3.05) is 10.6 Å². The molecule has 2 heterocycles. The molecular weight excluding hydrogens is 296 g/mol. The monoisotopic (exact) mass is 308 g/mol. The number of anilines is 2. The van der Waals surface area contributed by atoms with Crippen molar-refractivity contribution in [2.24, 2.45) is 0 Å². The minimum atomic E-state index is -1.14. The zero-order valence-corrected chi connectivity index (χ0v) is 11.9. The van der Waals surface area contributed by atoms with Crippen LogP contribution in [0.4, 0.5) is 16.2 Å². The van der Waals surface area contributed by atoms with Crippen LogP contribution < -0.4 is 10.6 Å². The number of ether oxygens (including phenoxy) is 1. The first-order valence-corrected chi connectivity index (χ1v) is 7.04. The largest absolute Gasteiger partial charge is 0.487 e. The van der Waals surface area contributed by atoms with Crippen LogP contribution in [0.15, 0.2) is 42.5 Å². The Bertz CT molecular complexity index is 886. The number of rotatable bonds is 1. The highest BCUT2D eigenvalue weighted by molar-refractivity contribution is 6.36. The van der Waals surface area contributed by atoms with Crippen LogP contribution in [-0.2, 0) is 16.1 Å². The van der Waals surface area contributed by atoms with Crippen molar-refractivity contribution in [3.05, 3.63) is 59.2 Å². The summed E-state index contributed by atoms with van der Waals surface area (Å²) >= 11 is 0. The fraction of sp³-hybridized carbons (Fsp3) is 0.0588. The van der Waals surface area contributed by atoms with Crippen LogP contribution in [0.3, 0.4) is 0 Å². The summed E-state index contributed by atoms with van der Waals surface area (Å²) in [7, 11) is 0. The van der Waals surface area contributed by atoms with E-state index in [1.807, 2.05) is 24.3 Å². The molecule has 3 N–H and O–H groups in total. The molecule has 0 radical (unpaired) electrons. The molecular formula is C17H12N2O4. The average molecular weight is 308 g/mol. The normalized spacial score (nSPS) is 18.0. The third kappa shape index (κ3) is 2.12. The van der Waals surface area contributed by atoms with Gasteiger partial charge in [-0.1, -0.05) is 24.3 Å². The zero-order chi connectivity index (χ0) is 16.0. The standard InChI is InChI=1S/C17H12N2O4/c20-16-14(11-3-1-2-4-13(11)19-16)15-12-7-10(18-17(21)22)6-5-9(12)8-23-15/h1-7,18H,8H2,(H,19,20)(H,21,22). The van der Waals surface area contributed by atoms with E-state index in [4.69, 9.17) is 9.84 Å². The van der Waals surface area contributed by atoms with Gasteiger partial charge in [0.15, 0.2) is 0 Å². The van der Waals surface area contributed by atoms with Gasteiger partial charge in [-0.3, -0.25) is 10.1 Å². The van der Waals surface area contributed by atoms with Crippen LogP contribution in [0.2, 0.25) is 0 Å². The number of nitrogens with one attached hydrogen (secondary N) is 2. The van der Waals surface area contributed by atoms with Crippen LogP contribution in [0.5, 0.6) is 0 Å². The van der Waals surface area contributed by atoms with E-state index in [1.165, 1.54) is 0 Å². The average Bonchev–Trinajstić information content (AvgIpc) is 3.06. The van der Waals surface area contributed by atoms with Gasteiger partial charge >= 0.3 is 6.09 Å². The van der Waals surface area contributed by atoms with Gasteiger partial charge in [0.05, 0.1) is 5.57 Å². The Hall–Kier alpha value is -3.28. The van der Waals surface area contributed by atoms with E-state index in [9.17, 15) is 9.59 Å². The topological polar surface area (TPSA) is 87.7 Å². The van der Waals surface area contributed by atoms with Gasteiger partial charge < -0.3 is 15.2 Å². The molecule has 6 heteroatoms. The summed E-state index contributed by atoms with van der Waals surface area (Å²) in [4.78, 5) is 23.1. The van der Waals surface area contributed by atoms with E-state index in [1.54, 1.807) is 18.2 Å². The molecule has 114 valence electrons. The highest BCUT2D eigenvalue weighted by Crippen LogP contribution is 2.42. The zero-order valence-electron chi connectivity index (χ0n) is 11.9. The molecule has 0 saturated heterocycles. The molecule has 0 bridgehead atoms. The predicted octanol–water partition coefficient (Wildman–Crippen LogP) is 3.13. The van der Waals surface area contributed by atoms with Crippen LogP contribution in [0, 0.1) is 0 Å². The smallest absolute Gasteiger partial charge is 0.409 e. The van der Waals surface area contributed by atoms with Gasteiger partial charge in [-0.2, -0.15) is 0 Å². The number of hydrogen-bond acceptors (Lipinski definition) is 3. The third-order valence-electron chi connectivity index (χ3n) is 3.88. The number of carboxylic acid groups (broad SMARTS) is 1. The molecule has 2 aliphatic heterocycles. The minimum absolute atomic E-state index is 0.217. The van der Waals surface area contributed by atoms with E-state index < -0.39 is 6.09 Å². The molecule has 2 aromatic carbocycles. The Morgan fingerprint density at radius 2 is 2.00 bits per heavy atom. The second-order valence-corrected chi connectivity index (χ2v) is 5.29. The van der Waals surface area contributed by atoms with Gasteiger partial charge in [-0.05, 0) is 18.2 Å². The number of amides is 2. The quantitative estimate of drug-likeness (QED) is 0.706. The van der Waals surface area contributed by atoms with Crippen molar-refractivity contribution in [3.8, 4) is 0 Å². The van der Waals surface area contributed by atoms with Crippen LogP contribution in [-0.4, -0.2) is 17.1 Å². The molecule has 0 aromatic heterocycles. The van der Waals surface area contributed by atoms with Crippen molar-refractivity contribution in [3.63, 3.8) is 0 Å². The number of carbonyl (C=O) groups excluding carboxylic acids is 1. The molecule has 0 unspecified atom stereocenters. The van der Waals surface area contributed by atoms with E-state index in [0.29, 0.717) is 23.6 Å². The molecule has 0 spiro atoms. The Labute approximate surface area is 131 Å². The van der Waals surface area contributed by atoms with Crippen molar-refractivity contribution in [1.29, 1.82) is 0 Å². The van der Waals surface area contributed by atoms with Crippen molar-refractivity contribution < 1.29 is 19.4 Å². The second-order valence-electron chi connectivity index (χ2n) is 5.29. The summed E-state index contributed by atoms with van der Waals surface area (Å²) in [5.74, 6) is 0.266. The summed E-state index contributed by atoms with van der Waals surface area (Å²) in [6, 6.07) is 12.6. The molecule has 6 nitrogen and oxygen atoms in total. The Balaban J connectivity index is 1.87. The van der Waals surface area contributed by atoms with Crippen molar-refractivity contribution in [1.82, 2.24) is 0 Å². The minimum Gasteiger partial charge on any atom is -0.487 e. The fourth-order valence-corrected chi connectivity index (χ4v) is 2.89. The number of para-hydroxylation sites is 1. The molecule has 4 rings (SSSR count). The van der Waals surface area contributed by atoms with Gasteiger partial charge in [0.1, 0.15) is 12.4 Å². The number of fused-ring (bicyclic) bond motifs is 2. The lowest BCUT2D eigenvalue weighted by molar-refractivity contribution is -0.110.